The molecule has 0 saturated heterocycles. The van der Waals surface area contributed by atoms with E-state index in [2.05, 4.69) is 27.8 Å². The van der Waals surface area contributed by atoms with Crippen LogP contribution in [-0.4, -0.2) is 24.0 Å². The average Bonchev–Trinajstić information content (AvgIpc) is 3.19. The number of nitrogens with one attached hydrogen (secondary N) is 3. The molecule has 0 unspecified atom stereocenters. The lowest BCUT2D eigenvalue weighted by atomic mass is 10.1. The summed E-state index contributed by atoms with van der Waals surface area (Å²) in [6, 6.07) is 25.6. The molecule has 0 aliphatic heterocycles. The first-order valence-electron chi connectivity index (χ1n) is 10.2. The van der Waals surface area contributed by atoms with E-state index in [0.29, 0.717) is 19.5 Å². The van der Waals surface area contributed by atoms with Crippen molar-refractivity contribution in [1.29, 1.82) is 0 Å². The number of carbonyl (C=O) groups excluding carboxylic acids is 1. The van der Waals surface area contributed by atoms with Gasteiger partial charge in [0.15, 0.2) is 5.75 Å². The molecule has 5 heteroatoms. The molecule has 152 valence electrons. The van der Waals surface area contributed by atoms with Crippen molar-refractivity contribution in [2.45, 2.75) is 12.8 Å². The second-order valence-corrected chi connectivity index (χ2v) is 7.05. The van der Waals surface area contributed by atoms with Crippen LogP contribution in [0.2, 0.25) is 0 Å². The molecule has 30 heavy (non-hydrogen) atoms. The average molecular weight is 399 g/mol. The number of hydrogen-bond acceptors (Lipinski definition) is 3. The highest BCUT2D eigenvalue weighted by molar-refractivity contribution is 5.83. The van der Waals surface area contributed by atoms with Crippen LogP contribution in [0.25, 0.3) is 10.9 Å². The molecule has 4 aromatic rings. The minimum Gasteiger partial charge on any atom is -0.455 e. The Bertz CT molecular complexity index is 1110. The Morgan fingerprint density at radius 3 is 2.53 bits per heavy atom. The third kappa shape index (κ3) is 5.00. The van der Waals surface area contributed by atoms with Gasteiger partial charge in [0.2, 0.25) is 5.91 Å². The van der Waals surface area contributed by atoms with Gasteiger partial charge in [0.05, 0.1) is 5.69 Å². The van der Waals surface area contributed by atoms with E-state index in [9.17, 15) is 4.79 Å². The highest BCUT2D eigenvalue weighted by Crippen LogP contribution is 2.28. The van der Waals surface area contributed by atoms with Crippen LogP contribution >= 0.6 is 0 Å². The topological polar surface area (TPSA) is 66.2 Å². The van der Waals surface area contributed by atoms with Crippen molar-refractivity contribution in [2.24, 2.45) is 0 Å². The van der Waals surface area contributed by atoms with E-state index in [1.165, 1.54) is 10.9 Å². The van der Waals surface area contributed by atoms with Crippen LogP contribution in [0.5, 0.6) is 11.5 Å². The monoisotopic (exact) mass is 399 g/mol. The first-order valence-corrected chi connectivity index (χ1v) is 10.2. The summed E-state index contributed by atoms with van der Waals surface area (Å²) in [5, 5.41) is 7.52. The molecule has 0 fully saturated rings. The summed E-state index contributed by atoms with van der Waals surface area (Å²) >= 11 is 0. The van der Waals surface area contributed by atoms with Gasteiger partial charge in [0.25, 0.3) is 0 Å². The van der Waals surface area contributed by atoms with E-state index in [1.807, 2.05) is 72.9 Å². The minimum absolute atomic E-state index is 0.0313. The van der Waals surface area contributed by atoms with E-state index in [-0.39, 0.29) is 5.91 Å². The van der Waals surface area contributed by atoms with Gasteiger partial charge in [0.1, 0.15) is 5.75 Å². The molecule has 0 aliphatic rings. The molecule has 3 aromatic carbocycles. The van der Waals surface area contributed by atoms with Crippen LogP contribution in [-0.2, 0) is 11.2 Å². The van der Waals surface area contributed by atoms with Crippen LogP contribution in [0.15, 0.2) is 85.1 Å². The fourth-order valence-corrected chi connectivity index (χ4v) is 3.39. The number of ether oxygens (including phenoxy) is 1. The summed E-state index contributed by atoms with van der Waals surface area (Å²) in [7, 11) is 0. The molecular weight excluding hydrogens is 374 g/mol. The van der Waals surface area contributed by atoms with Gasteiger partial charge in [-0.25, -0.2) is 0 Å². The van der Waals surface area contributed by atoms with Gasteiger partial charge < -0.3 is 20.4 Å². The number of fused-ring (bicyclic) bond motifs is 1. The highest BCUT2D eigenvalue weighted by Gasteiger charge is 2.07. The number of benzene rings is 3. The molecule has 0 saturated carbocycles. The molecule has 3 N–H and O–H groups in total. The van der Waals surface area contributed by atoms with E-state index < -0.39 is 0 Å². The van der Waals surface area contributed by atoms with Crippen LogP contribution < -0.4 is 15.4 Å². The highest BCUT2D eigenvalue weighted by atomic mass is 16.5. The third-order valence-electron chi connectivity index (χ3n) is 4.92. The number of para-hydroxylation sites is 4. The second-order valence-electron chi connectivity index (χ2n) is 7.05. The van der Waals surface area contributed by atoms with Crippen molar-refractivity contribution in [3.05, 3.63) is 90.6 Å². The van der Waals surface area contributed by atoms with Crippen LogP contribution in [0.1, 0.15) is 12.0 Å². The third-order valence-corrected chi connectivity index (χ3v) is 4.92. The fourth-order valence-electron chi connectivity index (χ4n) is 3.39. The van der Waals surface area contributed by atoms with Gasteiger partial charge in [-0.2, -0.15) is 0 Å². The predicted octanol–water partition coefficient (Wildman–Crippen LogP) is 5.12. The number of anilines is 1. The summed E-state index contributed by atoms with van der Waals surface area (Å²) in [5.74, 6) is 1.55. The Morgan fingerprint density at radius 2 is 1.63 bits per heavy atom. The van der Waals surface area contributed by atoms with Crippen molar-refractivity contribution < 1.29 is 9.53 Å². The number of rotatable bonds is 9. The second kappa shape index (κ2) is 9.65. The summed E-state index contributed by atoms with van der Waals surface area (Å²) in [6.07, 6.45) is 3.21. The van der Waals surface area contributed by atoms with Gasteiger partial charge in [-0.05, 0) is 42.3 Å². The maximum absolute atomic E-state index is 12.2. The Kier molecular flexibility index (Phi) is 6.30. The largest absolute Gasteiger partial charge is 0.455 e. The summed E-state index contributed by atoms with van der Waals surface area (Å²) < 4.78 is 5.94. The lowest BCUT2D eigenvalue weighted by molar-refractivity contribution is -0.120. The van der Waals surface area contributed by atoms with Crippen LogP contribution in [0.3, 0.4) is 0 Å². The maximum atomic E-state index is 12.2. The molecule has 0 radical (unpaired) electrons. The summed E-state index contributed by atoms with van der Waals surface area (Å²) in [6.45, 7) is 1.16. The molecule has 0 aliphatic carbocycles. The number of amides is 1. The van der Waals surface area contributed by atoms with E-state index in [0.717, 1.165) is 29.1 Å². The Hall–Kier alpha value is -3.73. The van der Waals surface area contributed by atoms with Crippen LogP contribution in [0.4, 0.5) is 5.69 Å². The Morgan fingerprint density at radius 1 is 0.867 bits per heavy atom. The zero-order valence-electron chi connectivity index (χ0n) is 16.7. The molecule has 4 rings (SSSR count). The van der Waals surface area contributed by atoms with Gasteiger partial charge in [-0.15, -0.1) is 0 Å². The number of H-pyrrole nitrogens is 1. The molecule has 1 amide bonds. The Balaban J connectivity index is 1.23. The van der Waals surface area contributed by atoms with E-state index in [1.54, 1.807) is 0 Å². The summed E-state index contributed by atoms with van der Waals surface area (Å²) in [4.78, 5) is 15.5. The fraction of sp³-hybridized carbons (Fsp3) is 0.160. The normalized spacial score (nSPS) is 10.7. The standard InChI is InChI=1S/C25H25N3O2/c29-25(27-16-14-19-18-28-22-11-5-4-10-21(19)22)15-17-26-23-12-6-7-13-24(23)30-20-8-2-1-3-9-20/h1-13,18,26,28H,14-17H2,(H,27,29). The molecule has 0 atom stereocenters. The van der Waals surface area contributed by atoms with E-state index in [4.69, 9.17) is 4.74 Å². The number of aromatic amines is 1. The quantitative estimate of drug-likeness (QED) is 0.366. The minimum atomic E-state index is 0.0313. The molecule has 0 spiro atoms. The SMILES string of the molecule is O=C(CCNc1ccccc1Oc1ccccc1)NCCc1c[nH]c2ccccc12. The van der Waals surface area contributed by atoms with Crippen molar-refractivity contribution in [2.75, 3.05) is 18.4 Å². The van der Waals surface area contributed by atoms with Crippen molar-refractivity contribution >= 4 is 22.5 Å². The zero-order chi connectivity index (χ0) is 20.6. The van der Waals surface area contributed by atoms with Crippen molar-refractivity contribution in [3.63, 3.8) is 0 Å². The molecule has 1 aromatic heterocycles. The maximum Gasteiger partial charge on any atom is 0.221 e. The van der Waals surface area contributed by atoms with Gasteiger partial charge >= 0.3 is 0 Å². The molecular formula is C25H25N3O2. The van der Waals surface area contributed by atoms with Crippen LogP contribution in [0, 0.1) is 0 Å². The smallest absolute Gasteiger partial charge is 0.221 e. The van der Waals surface area contributed by atoms with Gasteiger partial charge in [-0.3, -0.25) is 4.79 Å². The Labute approximate surface area is 176 Å². The first kappa shape index (κ1) is 19.6. The van der Waals surface area contributed by atoms with E-state index >= 15 is 0 Å². The van der Waals surface area contributed by atoms with Gasteiger partial charge in [0, 0.05) is 36.6 Å². The zero-order valence-corrected chi connectivity index (χ0v) is 16.7. The molecule has 1 heterocycles. The number of hydrogen-bond donors (Lipinski definition) is 3. The molecule has 5 nitrogen and oxygen atoms in total. The molecule has 0 bridgehead atoms. The van der Waals surface area contributed by atoms with Gasteiger partial charge in [-0.1, -0.05) is 48.5 Å². The first-order chi connectivity index (χ1) is 14.8. The lowest BCUT2D eigenvalue weighted by Gasteiger charge is -2.13. The van der Waals surface area contributed by atoms with Crippen molar-refractivity contribution in [1.82, 2.24) is 10.3 Å². The predicted molar refractivity (Wildman–Crippen MR) is 121 cm³/mol. The summed E-state index contributed by atoms with van der Waals surface area (Å²) in [5.41, 5.74) is 3.21. The van der Waals surface area contributed by atoms with Crippen molar-refractivity contribution in [3.8, 4) is 11.5 Å². The number of carbonyl (C=O) groups is 1. The number of aromatic nitrogens is 1. The lowest BCUT2D eigenvalue weighted by Crippen LogP contribution is -2.27.